The summed E-state index contributed by atoms with van der Waals surface area (Å²) >= 11 is 0. The summed E-state index contributed by atoms with van der Waals surface area (Å²) in [6.07, 6.45) is 0.700. The zero-order valence-electron chi connectivity index (χ0n) is 66.3. The van der Waals surface area contributed by atoms with E-state index in [9.17, 15) is 4.79 Å². The minimum absolute atomic E-state index is 0.197. The molecule has 0 radical (unpaired) electrons. The van der Waals surface area contributed by atoms with Gasteiger partial charge in [0.15, 0.2) is 8.32 Å². The third kappa shape index (κ3) is 43.1. The van der Waals surface area contributed by atoms with Gasteiger partial charge in [0.1, 0.15) is 0 Å². The summed E-state index contributed by atoms with van der Waals surface area (Å²) in [5.41, 5.74) is 0. The molecule has 0 aromatic rings. The van der Waals surface area contributed by atoms with Crippen LogP contribution in [0.5, 0.6) is 0 Å². The van der Waals surface area contributed by atoms with Crippen LogP contribution in [0.2, 0.25) is 282 Å². The quantitative estimate of drug-likeness (QED) is 0.0519. The van der Waals surface area contributed by atoms with Crippen LogP contribution in [0.15, 0.2) is 0 Å². The summed E-state index contributed by atoms with van der Waals surface area (Å²) < 4.78 is 143. The van der Waals surface area contributed by atoms with E-state index in [1.807, 2.05) is 158 Å². The lowest BCUT2D eigenvalue weighted by atomic mass is 10.1. The molecule has 0 N–H and O–H groups in total. The van der Waals surface area contributed by atoms with Crippen molar-refractivity contribution in [3.63, 3.8) is 0 Å². The van der Waals surface area contributed by atoms with Crippen molar-refractivity contribution >= 4 is 186 Å². The van der Waals surface area contributed by atoms with Crippen LogP contribution < -0.4 is 0 Å². The summed E-state index contributed by atoms with van der Waals surface area (Å²) in [6, 6.07) is 0. The number of carbonyl (C=O) groups excluding carboxylic acids is 1. The molecule has 0 spiro atoms. The molecule has 0 saturated carbocycles. The lowest BCUT2D eigenvalue weighted by Gasteiger charge is -2.45. The Morgan fingerprint density at radius 2 is 0.297 bits per heavy atom. The van der Waals surface area contributed by atoms with Gasteiger partial charge in [0, 0.05) is 0 Å². The monoisotopic (exact) mass is 1650 g/mol. The average molecular weight is 1660 g/mol. The van der Waals surface area contributed by atoms with E-state index in [4.69, 9.17) is 86.7 Å². The van der Waals surface area contributed by atoms with Crippen LogP contribution >= 0.6 is 0 Å². The maximum Gasteiger partial charge on any atom is 0.386 e. The highest BCUT2D eigenvalue weighted by molar-refractivity contribution is 6.96. The third-order valence-electron chi connectivity index (χ3n) is 11.3. The van der Waals surface area contributed by atoms with Crippen LogP contribution in [0, 0.1) is 5.92 Å². The van der Waals surface area contributed by atoms with Gasteiger partial charge in [0.2, 0.25) is 0 Å². The highest BCUT2D eigenvalue weighted by Crippen LogP contribution is 2.35. The molecule has 22 nitrogen and oxygen atoms in total. The van der Waals surface area contributed by atoms with Crippen molar-refractivity contribution in [3.8, 4) is 0 Å². The zero-order chi connectivity index (χ0) is 73.2. The van der Waals surface area contributed by atoms with Crippen LogP contribution in [-0.4, -0.2) is 186 Å². The van der Waals surface area contributed by atoms with Crippen molar-refractivity contribution in [3.05, 3.63) is 0 Å². The third-order valence-corrected chi connectivity index (χ3v) is 91.1. The van der Waals surface area contributed by atoms with Gasteiger partial charge in [-0.1, -0.05) is 13.8 Å². The van der Waals surface area contributed by atoms with E-state index < -0.39 is 180 Å². The highest BCUT2D eigenvalue weighted by Gasteiger charge is 2.55. The Morgan fingerprint density at radius 1 is 0.198 bits per heavy atom. The maximum atomic E-state index is 12.7. The van der Waals surface area contributed by atoms with E-state index in [0.717, 1.165) is 0 Å². The second-order valence-corrected chi connectivity index (χ2v) is 111. The smallest absolute Gasteiger partial charge is 0.386 e. The molecule has 43 heteroatoms. The normalized spacial score (nSPS) is 16.2. The molecule has 1 atom stereocenters. The number of hydrogen-bond acceptors (Lipinski definition) is 22. The van der Waals surface area contributed by atoms with Gasteiger partial charge >= 0.3 is 171 Å². The summed E-state index contributed by atoms with van der Waals surface area (Å²) in [6.45, 7) is 91.9. The topological polar surface area (TPSA) is 211 Å². The van der Waals surface area contributed by atoms with E-state index in [1.54, 1.807) is 0 Å². The fourth-order valence-electron chi connectivity index (χ4n) is 12.9. The van der Waals surface area contributed by atoms with E-state index in [0.29, 0.717) is 6.42 Å². The minimum Gasteiger partial charge on any atom is -0.495 e. The number of hydrogen-bond donors (Lipinski definition) is 0. The van der Waals surface area contributed by atoms with Crippen LogP contribution in [0.25, 0.3) is 0 Å². The molecule has 0 aromatic heterocycles. The summed E-state index contributed by atoms with van der Waals surface area (Å²) in [5.74, 6) is -0.437. The first-order chi connectivity index (χ1) is 39.0. The van der Waals surface area contributed by atoms with Gasteiger partial charge in [0.05, 0.1) is 5.92 Å². The fraction of sp³-hybridized carbons (Fsp3) is 0.979. The Balaban J connectivity index is 5.86. The number of rotatable bonds is 43. The first-order valence-corrected chi connectivity index (χ1v) is 92.0. The van der Waals surface area contributed by atoms with Gasteiger partial charge in [-0.15, -0.1) is 0 Å². The second kappa shape index (κ2) is 32.1. The molecule has 1 unspecified atom stereocenters. The van der Waals surface area contributed by atoms with Gasteiger partial charge in [-0.3, -0.25) is 4.79 Å². The van der Waals surface area contributed by atoms with Crippen LogP contribution in [0.3, 0.4) is 0 Å². The van der Waals surface area contributed by atoms with Crippen molar-refractivity contribution in [2.75, 3.05) is 0 Å². The van der Waals surface area contributed by atoms with Crippen molar-refractivity contribution in [2.45, 2.75) is 302 Å². The molecule has 0 amide bonds. The van der Waals surface area contributed by atoms with Gasteiger partial charge in [-0.05, 0) is 288 Å². The SMILES string of the molecule is CCC(C)C(=O)O[Si](C)(C)O[Si](C)(C)O[Si](C)(C)O[Si](C)(C)O[Si](C)(C)O[Si](C)(C)O[Si](C)(C)O[Si](C)(C)O[Si](C)(C)O[Si](C)(C)O[Si](C)(C)O[Si](C)(C)O[Si](C)(C)O[Si](C)(C)O[Si](C)(C)O[Si](C)(C)O[Si](C)(C)O[Si](C)(C)O[Si](C)(C)O[Si](C)(C)O[Si](C)(C)C. The molecular formula is C48H138O22Si21. The number of carbonyl (C=O) groups is 1. The van der Waals surface area contributed by atoms with Crippen LogP contribution in [-0.2, 0) is 91.5 Å². The van der Waals surface area contributed by atoms with Gasteiger partial charge in [-0.25, -0.2) is 0 Å². The van der Waals surface area contributed by atoms with E-state index >= 15 is 0 Å². The predicted molar refractivity (Wildman–Crippen MR) is 420 cm³/mol. The molecule has 0 aliphatic heterocycles. The molecule has 0 fully saturated rings. The molecule has 91 heavy (non-hydrogen) atoms. The largest absolute Gasteiger partial charge is 0.495 e. The summed E-state index contributed by atoms with van der Waals surface area (Å²) in [7, 11) is -58.1. The van der Waals surface area contributed by atoms with Crippen LogP contribution in [0.4, 0.5) is 0 Å². The molecule has 0 aliphatic carbocycles. The lowest BCUT2D eigenvalue weighted by Crippen LogP contribution is -2.63. The van der Waals surface area contributed by atoms with E-state index in [1.165, 1.54) is 0 Å². The molecule has 0 rings (SSSR count). The zero-order valence-corrected chi connectivity index (χ0v) is 87.3. The second-order valence-electron chi connectivity index (χ2n) is 33.9. The fourth-order valence-corrected chi connectivity index (χ4v) is 120. The summed E-state index contributed by atoms with van der Waals surface area (Å²) in [4.78, 5) is 12.7. The van der Waals surface area contributed by atoms with Crippen molar-refractivity contribution in [2.24, 2.45) is 5.92 Å². The molecular weight excluding hydrogens is 1520 g/mol. The van der Waals surface area contributed by atoms with Gasteiger partial charge in [-0.2, -0.15) is 0 Å². The van der Waals surface area contributed by atoms with Crippen LogP contribution in [0.1, 0.15) is 20.3 Å². The van der Waals surface area contributed by atoms with Gasteiger partial charge < -0.3 is 86.7 Å². The van der Waals surface area contributed by atoms with Crippen molar-refractivity contribution in [1.29, 1.82) is 0 Å². The Labute approximate surface area is 579 Å². The van der Waals surface area contributed by atoms with E-state index in [2.05, 4.69) is 137 Å². The maximum absolute atomic E-state index is 12.7. The first kappa shape index (κ1) is 94.2. The molecule has 546 valence electrons. The molecule has 0 heterocycles. The Kier molecular flexibility index (Phi) is 33.2. The highest BCUT2D eigenvalue weighted by atomic mass is 28.6. The van der Waals surface area contributed by atoms with E-state index in [-0.39, 0.29) is 11.9 Å². The Morgan fingerprint density at radius 3 is 0.396 bits per heavy atom. The molecule has 0 aliphatic rings. The molecule has 0 saturated heterocycles. The Hall–Kier alpha value is 3.22. The standard InChI is InChI=1S/C48H138O22Si21/c1-46-47(2)48(49)50-72(6,7)52-74(10,11)54-76(14,15)56-78(18,19)58-80(22,23)60-82(26,27)62-84(30,31)64-86(34,35)66-88(38,39)68-90(42,43)70-91(44,45)69-89(40,41)67-87(36,37)65-85(32,33)63-83(28,29)61-81(24,25)59-79(20,21)57-77(16,17)55-75(12,13)53-73(8,9)51-71(3,4)5/h47H,46H2,1-45H3. The predicted octanol–water partition coefficient (Wildman–Crippen LogP) is 16.8. The van der Waals surface area contributed by atoms with Gasteiger partial charge in [0.25, 0.3) is 5.97 Å². The minimum atomic E-state index is -2.89. The molecule has 0 bridgehead atoms. The lowest BCUT2D eigenvalue weighted by molar-refractivity contribution is -0.140. The average Bonchev–Trinajstić information content (AvgIpc) is 0.859. The first-order valence-electron chi connectivity index (χ1n) is 32.3. The Bertz CT molecular complexity index is 2330. The summed E-state index contributed by atoms with van der Waals surface area (Å²) in [5, 5.41) is 0. The molecule has 0 aromatic carbocycles. The van der Waals surface area contributed by atoms with Crippen molar-refractivity contribution < 1.29 is 91.5 Å². The van der Waals surface area contributed by atoms with Crippen molar-refractivity contribution in [1.82, 2.24) is 0 Å².